The average Bonchev–Trinajstić information content (AvgIpc) is 2.49. The first-order valence-electron chi connectivity index (χ1n) is 8.03. The van der Waals surface area contributed by atoms with E-state index in [0.29, 0.717) is 6.42 Å². The molecule has 0 atom stereocenters. The van der Waals surface area contributed by atoms with Gasteiger partial charge in [-0.2, -0.15) is 0 Å². The summed E-state index contributed by atoms with van der Waals surface area (Å²) in [5, 5.41) is 12.7. The Bertz CT molecular complexity index is 505. The van der Waals surface area contributed by atoms with Gasteiger partial charge in [0.1, 0.15) is 5.75 Å². The van der Waals surface area contributed by atoms with Crippen LogP contribution in [0.4, 0.5) is 0 Å². The molecule has 1 aromatic carbocycles. The SMILES string of the molecule is COc1ccccc1CC(C)(C)C(=O)NC1CCC(O)CC1. The summed E-state index contributed by atoms with van der Waals surface area (Å²) in [6.45, 7) is 3.93. The van der Waals surface area contributed by atoms with Crippen LogP contribution in [-0.4, -0.2) is 30.3 Å². The molecule has 0 aromatic heterocycles. The van der Waals surface area contributed by atoms with Gasteiger partial charge in [-0.1, -0.05) is 32.0 Å². The van der Waals surface area contributed by atoms with Gasteiger partial charge in [0, 0.05) is 11.5 Å². The molecule has 22 heavy (non-hydrogen) atoms. The standard InChI is InChI=1S/C18H27NO3/c1-18(2,12-13-6-4-5-7-16(13)22-3)17(21)19-14-8-10-15(20)11-9-14/h4-7,14-15,20H,8-12H2,1-3H3,(H,19,21). The number of aliphatic hydroxyl groups excluding tert-OH is 1. The Morgan fingerprint density at radius 1 is 1.27 bits per heavy atom. The second kappa shape index (κ2) is 7.14. The van der Waals surface area contributed by atoms with Crippen molar-refractivity contribution in [2.75, 3.05) is 7.11 Å². The molecular formula is C18H27NO3. The number of benzene rings is 1. The lowest BCUT2D eigenvalue weighted by molar-refractivity contribution is -0.130. The molecule has 0 radical (unpaired) electrons. The van der Waals surface area contributed by atoms with Crippen molar-refractivity contribution >= 4 is 5.91 Å². The predicted octanol–water partition coefficient (Wildman–Crippen LogP) is 2.68. The Kier molecular flexibility index (Phi) is 5.46. The zero-order valence-electron chi connectivity index (χ0n) is 13.8. The van der Waals surface area contributed by atoms with Crippen LogP contribution in [-0.2, 0) is 11.2 Å². The highest BCUT2D eigenvalue weighted by Gasteiger charge is 2.31. The molecule has 1 fully saturated rings. The molecule has 2 N–H and O–H groups in total. The van der Waals surface area contributed by atoms with Crippen LogP contribution in [0.15, 0.2) is 24.3 Å². The second-order valence-corrected chi connectivity index (χ2v) is 6.85. The highest BCUT2D eigenvalue weighted by molar-refractivity contribution is 5.82. The van der Waals surface area contributed by atoms with Crippen LogP contribution in [0.2, 0.25) is 0 Å². The number of nitrogens with one attached hydrogen (secondary N) is 1. The number of hydrogen-bond acceptors (Lipinski definition) is 3. The topological polar surface area (TPSA) is 58.6 Å². The molecule has 0 spiro atoms. The summed E-state index contributed by atoms with van der Waals surface area (Å²) in [4.78, 5) is 12.6. The Hall–Kier alpha value is -1.55. The maximum atomic E-state index is 12.6. The highest BCUT2D eigenvalue weighted by Crippen LogP contribution is 2.29. The third kappa shape index (κ3) is 4.23. The number of methoxy groups -OCH3 is 1. The smallest absolute Gasteiger partial charge is 0.226 e. The van der Waals surface area contributed by atoms with Gasteiger partial charge < -0.3 is 15.2 Å². The number of hydrogen-bond donors (Lipinski definition) is 2. The lowest BCUT2D eigenvalue weighted by Gasteiger charge is -2.31. The number of aliphatic hydroxyl groups is 1. The lowest BCUT2D eigenvalue weighted by Crippen LogP contribution is -2.45. The molecule has 2 rings (SSSR count). The quantitative estimate of drug-likeness (QED) is 0.879. The van der Waals surface area contributed by atoms with E-state index in [1.165, 1.54) is 0 Å². The fourth-order valence-corrected chi connectivity index (χ4v) is 3.01. The largest absolute Gasteiger partial charge is 0.496 e. The van der Waals surface area contributed by atoms with Crippen LogP contribution in [0.5, 0.6) is 5.75 Å². The van der Waals surface area contributed by atoms with Crippen molar-refractivity contribution in [2.45, 2.75) is 58.1 Å². The third-order valence-electron chi connectivity index (χ3n) is 4.47. The fourth-order valence-electron chi connectivity index (χ4n) is 3.01. The van der Waals surface area contributed by atoms with E-state index in [-0.39, 0.29) is 18.1 Å². The number of amides is 1. The van der Waals surface area contributed by atoms with Gasteiger partial charge in [-0.15, -0.1) is 0 Å². The van der Waals surface area contributed by atoms with Gasteiger partial charge >= 0.3 is 0 Å². The average molecular weight is 305 g/mol. The Balaban J connectivity index is 1.98. The van der Waals surface area contributed by atoms with Gasteiger partial charge in [0.05, 0.1) is 13.2 Å². The summed E-state index contributed by atoms with van der Waals surface area (Å²) in [5.74, 6) is 0.893. The normalized spacial score (nSPS) is 22.2. The zero-order valence-corrected chi connectivity index (χ0v) is 13.8. The van der Waals surface area contributed by atoms with Crippen LogP contribution in [0.25, 0.3) is 0 Å². The van der Waals surface area contributed by atoms with E-state index in [9.17, 15) is 9.90 Å². The molecule has 0 aliphatic heterocycles. The summed E-state index contributed by atoms with van der Waals surface area (Å²) in [6.07, 6.45) is 3.71. The second-order valence-electron chi connectivity index (χ2n) is 6.85. The van der Waals surface area contributed by atoms with E-state index in [1.807, 2.05) is 38.1 Å². The summed E-state index contributed by atoms with van der Waals surface area (Å²) in [6, 6.07) is 8.01. The summed E-state index contributed by atoms with van der Waals surface area (Å²) < 4.78 is 5.37. The zero-order chi connectivity index (χ0) is 16.2. The van der Waals surface area contributed by atoms with Crippen molar-refractivity contribution in [1.82, 2.24) is 5.32 Å². The van der Waals surface area contributed by atoms with E-state index in [1.54, 1.807) is 7.11 Å². The van der Waals surface area contributed by atoms with E-state index < -0.39 is 5.41 Å². The predicted molar refractivity (Wildman–Crippen MR) is 86.9 cm³/mol. The molecule has 1 aliphatic rings. The molecule has 1 aromatic rings. The van der Waals surface area contributed by atoms with E-state index in [0.717, 1.165) is 37.0 Å². The first-order chi connectivity index (χ1) is 10.4. The van der Waals surface area contributed by atoms with Crippen molar-refractivity contribution in [3.63, 3.8) is 0 Å². The summed E-state index contributed by atoms with van der Waals surface area (Å²) in [7, 11) is 1.65. The van der Waals surface area contributed by atoms with Gasteiger partial charge in [-0.25, -0.2) is 0 Å². The molecule has 1 aliphatic carbocycles. The van der Waals surface area contributed by atoms with Crippen LogP contribution < -0.4 is 10.1 Å². The molecule has 0 saturated heterocycles. The number of carbonyl (C=O) groups is 1. The number of ether oxygens (including phenoxy) is 1. The minimum absolute atomic E-state index is 0.0693. The van der Waals surface area contributed by atoms with Gasteiger partial charge in [-0.05, 0) is 43.7 Å². The van der Waals surface area contributed by atoms with Crippen molar-refractivity contribution in [3.05, 3.63) is 29.8 Å². The van der Waals surface area contributed by atoms with Crippen LogP contribution in [0.1, 0.15) is 45.1 Å². The molecule has 0 bridgehead atoms. The van der Waals surface area contributed by atoms with E-state index >= 15 is 0 Å². The molecule has 4 nitrogen and oxygen atoms in total. The molecule has 1 saturated carbocycles. The number of rotatable bonds is 5. The maximum absolute atomic E-state index is 12.6. The minimum atomic E-state index is -0.495. The van der Waals surface area contributed by atoms with Gasteiger partial charge in [0.2, 0.25) is 5.91 Å². The molecule has 1 amide bonds. The van der Waals surface area contributed by atoms with Gasteiger partial charge in [0.25, 0.3) is 0 Å². The summed E-state index contributed by atoms with van der Waals surface area (Å²) >= 11 is 0. The van der Waals surface area contributed by atoms with Crippen LogP contribution in [0, 0.1) is 5.41 Å². The monoisotopic (exact) mass is 305 g/mol. The Morgan fingerprint density at radius 3 is 2.55 bits per heavy atom. The van der Waals surface area contributed by atoms with E-state index in [2.05, 4.69) is 5.32 Å². The number of carbonyl (C=O) groups excluding carboxylic acids is 1. The number of para-hydroxylation sites is 1. The lowest BCUT2D eigenvalue weighted by atomic mass is 9.83. The molecule has 122 valence electrons. The molecule has 4 heteroatoms. The maximum Gasteiger partial charge on any atom is 0.226 e. The molecule has 0 unspecified atom stereocenters. The minimum Gasteiger partial charge on any atom is -0.496 e. The Morgan fingerprint density at radius 2 is 1.91 bits per heavy atom. The van der Waals surface area contributed by atoms with Crippen LogP contribution >= 0.6 is 0 Å². The summed E-state index contributed by atoms with van der Waals surface area (Å²) in [5.41, 5.74) is 0.550. The molecule has 0 heterocycles. The van der Waals surface area contributed by atoms with E-state index in [4.69, 9.17) is 4.74 Å². The highest BCUT2D eigenvalue weighted by atomic mass is 16.5. The van der Waals surface area contributed by atoms with Crippen LogP contribution in [0.3, 0.4) is 0 Å². The molecular weight excluding hydrogens is 278 g/mol. The van der Waals surface area contributed by atoms with Crippen molar-refractivity contribution in [1.29, 1.82) is 0 Å². The van der Waals surface area contributed by atoms with Gasteiger partial charge in [-0.3, -0.25) is 4.79 Å². The Labute approximate surface area is 132 Å². The first-order valence-corrected chi connectivity index (χ1v) is 8.03. The van der Waals surface area contributed by atoms with Crippen molar-refractivity contribution in [2.24, 2.45) is 5.41 Å². The fraction of sp³-hybridized carbons (Fsp3) is 0.611. The van der Waals surface area contributed by atoms with Crippen molar-refractivity contribution < 1.29 is 14.6 Å². The van der Waals surface area contributed by atoms with Gasteiger partial charge in [0.15, 0.2) is 0 Å². The first kappa shape index (κ1) is 16.8. The van der Waals surface area contributed by atoms with Crippen molar-refractivity contribution in [3.8, 4) is 5.75 Å². The third-order valence-corrected chi connectivity index (χ3v) is 4.47.